The second-order valence-corrected chi connectivity index (χ2v) is 4.74. The molecule has 2 N–H and O–H groups in total. The second kappa shape index (κ2) is 5.10. The Kier molecular flexibility index (Phi) is 3.79. The van der Waals surface area contributed by atoms with Crippen LogP contribution in [0.15, 0.2) is 0 Å². The number of hydrogen-bond acceptors (Lipinski definition) is 3. The van der Waals surface area contributed by atoms with Crippen molar-refractivity contribution in [2.45, 2.75) is 31.8 Å². The van der Waals surface area contributed by atoms with Crippen LogP contribution in [0.1, 0.15) is 25.7 Å². The lowest BCUT2D eigenvalue weighted by Crippen LogP contribution is -2.38. The van der Waals surface area contributed by atoms with Crippen molar-refractivity contribution in [2.75, 3.05) is 32.7 Å². The molecule has 2 aliphatic rings. The number of rotatable bonds is 5. The minimum atomic E-state index is 0.000354. The third kappa shape index (κ3) is 2.94. The van der Waals surface area contributed by atoms with Crippen molar-refractivity contribution in [2.24, 2.45) is 5.92 Å². The van der Waals surface area contributed by atoms with E-state index in [9.17, 15) is 0 Å². The van der Waals surface area contributed by atoms with Crippen molar-refractivity contribution >= 4 is 0 Å². The quantitative estimate of drug-likeness (QED) is 0.629. The van der Waals surface area contributed by atoms with Gasteiger partial charge in [0.25, 0.3) is 0 Å². The monoisotopic (exact) mass is 198 g/mol. The Bertz CT molecular complexity index is 163. The molecule has 0 atom stereocenters. The van der Waals surface area contributed by atoms with E-state index in [0.29, 0.717) is 0 Å². The summed E-state index contributed by atoms with van der Waals surface area (Å²) in [5.74, 6) is 0.739. The lowest BCUT2D eigenvalue weighted by atomic mass is 9.82. The summed E-state index contributed by atoms with van der Waals surface area (Å²) in [5, 5.41) is 12.6. The minimum absolute atomic E-state index is 0.000354. The summed E-state index contributed by atoms with van der Waals surface area (Å²) >= 11 is 0. The summed E-state index contributed by atoms with van der Waals surface area (Å²) in [6.07, 6.45) is 4.79. The molecule has 1 heterocycles. The van der Waals surface area contributed by atoms with Gasteiger partial charge in [0, 0.05) is 13.1 Å². The highest BCUT2D eigenvalue weighted by molar-refractivity contribution is 4.80. The average Bonchev–Trinajstić information content (AvgIpc) is 2.61. The predicted molar refractivity (Wildman–Crippen MR) is 57.3 cm³/mol. The largest absolute Gasteiger partial charge is 0.393 e. The summed E-state index contributed by atoms with van der Waals surface area (Å²) < 4.78 is 0. The standard InChI is InChI=1S/C11H22N2O/c14-11-7-10(8-11)9-12-3-6-13-4-1-2-5-13/h10-12,14H,1-9H2. The number of nitrogens with zero attached hydrogens (tertiary/aromatic N) is 1. The molecule has 0 bridgehead atoms. The van der Waals surface area contributed by atoms with Gasteiger partial charge in [0.2, 0.25) is 0 Å². The van der Waals surface area contributed by atoms with Crippen LogP contribution < -0.4 is 5.32 Å². The molecular formula is C11H22N2O. The van der Waals surface area contributed by atoms with Gasteiger partial charge in [-0.25, -0.2) is 0 Å². The molecule has 0 aromatic heterocycles. The molecule has 1 aliphatic heterocycles. The first-order valence-electron chi connectivity index (χ1n) is 5.96. The van der Waals surface area contributed by atoms with Crippen molar-refractivity contribution in [1.82, 2.24) is 10.2 Å². The highest BCUT2D eigenvalue weighted by atomic mass is 16.3. The fourth-order valence-electron chi connectivity index (χ4n) is 2.42. The lowest BCUT2D eigenvalue weighted by Gasteiger charge is -2.31. The Morgan fingerprint density at radius 1 is 1.21 bits per heavy atom. The molecule has 14 heavy (non-hydrogen) atoms. The van der Waals surface area contributed by atoms with E-state index in [0.717, 1.165) is 31.8 Å². The molecular weight excluding hydrogens is 176 g/mol. The van der Waals surface area contributed by atoms with Crippen LogP contribution in [0.4, 0.5) is 0 Å². The molecule has 1 saturated carbocycles. The van der Waals surface area contributed by atoms with Gasteiger partial charge >= 0.3 is 0 Å². The zero-order valence-electron chi connectivity index (χ0n) is 8.91. The molecule has 3 nitrogen and oxygen atoms in total. The molecule has 0 aromatic rings. The Morgan fingerprint density at radius 2 is 1.93 bits per heavy atom. The normalized spacial score (nSPS) is 33.2. The smallest absolute Gasteiger partial charge is 0.0546 e. The van der Waals surface area contributed by atoms with Crippen molar-refractivity contribution in [3.63, 3.8) is 0 Å². The Labute approximate surface area is 86.5 Å². The Balaban J connectivity index is 1.43. The van der Waals surface area contributed by atoms with Crippen LogP contribution in [0.3, 0.4) is 0 Å². The van der Waals surface area contributed by atoms with Gasteiger partial charge in [-0.3, -0.25) is 0 Å². The van der Waals surface area contributed by atoms with E-state index in [1.54, 1.807) is 0 Å². The molecule has 2 fully saturated rings. The van der Waals surface area contributed by atoms with Gasteiger partial charge in [-0.05, 0) is 51.2 Å². The summed E-state index contributed by atoms with van der Waals surface area (Å²) in [6.45, 7) is 6.01. The predicted octanol–water partition coefficient (Wildman–Crippen LogP) is 0.443. The number of likely N-dealkylation sites (tertiary alicyclic amines) is 1. The molecule has 0 radical (unpaired) electrons. The highest BCUT2D eigenvalue weighted by Crippen LogP contribution is 2.25. The summed E-state index contributed by atoms with van der Waals surface area (Å²) in [6, 6.07) is 0. The summed E-state index contributed by atoms with van der Waals surface area (Å²) in [5.41, 5.74) is 0. The number of hydrogen-bond donors (Lipinski definition) is 2. The zero-order valence-corrected chi connectivity index (χ0v) is 8.91. The molecule has 0 unspecified atom stereocenters. The van der Waals surface area contributed by atoms with E-state index in [1.165, 1.54) is 32.5 Å². The molecule has 1 aliphatic carbocycles. The lowest BCUT2D eigenvalue weighted by molar-refractivity contribution is 0.0429. The van der Waals surface area contributed by atoms with Crippen LogP contribution in [-0.4, -0.2) is 48.8 Å². The van der Waals surface area contributed by atoms with E-state index in [-0.39, 0.29) is 6.10 Å². The van der Waals surface area contributed by atoms with Crippen molar-refractivity contribution in [3.05, 3.63) is 0 Å². The third-order valence-electron chi connectivity index (χ3n) is 3.45. The molecule has 3 heteroatoms. The molecule has 1 saturated heterocycles. The van der Waals surface area contributed by atoms with Gasteiger partial charge in [-0.1, -0.05) is 0 Å². The zero-order chi connectivity index (χ0) is 9.80. The molecule has 2 rings (SSSR count). The van der Waals surface area contributed by atoms with Crippen molar-refractivity contribution in [3.8, 4) is 0 Å². The van der Waals surface area contributed by atoms with Gasteiger partial charge in [0.05, 0.1) is 6.10 Å². The fourth-order valence-corrected chi connectivity index (χ4v) is 2.42. The number of aliphatic hydroxyl groups is 1. The van der Waals surface area contributed by atoms with Gasteiger partial charge < -0.3 is 15.3 Å². The van der Waals surface area contributed by atoms with Crippen molar-refractivity contribution in [1.29, 1.82) is 0 Å². The van der Waals surface area contributed by atoms with Crippen molar-refractivity contribution < 1.29 is 5.11 Å². The molecule has 0 amide bonds. The van der Waals surface area contributed by atoms with E-state index in [4.69, 9.17) is 5.11 Å². The first-order valence-corrected chi connectivity index (χ1v) is 5.96. The van der Waals surface area contributed by atoms with E-state index in [1.807, 2.05) is 0 Å². The van der Waals surface area contributed by atoms with Crippen LogP contribution in [0.25, 0.3) is 0 Å². The minimum Gasteiger partial charge on any atom is -0.393 e. The maximum absolute atomic E-state index is 9.11. The Morgan fingerprint density at radius 3 is 2.57 bits per heavy atom. The highest BCUT2D eigenvalue weighted by Gasteiger charge is 2.26. The number of nitrogens with one attached hydrogen (secondary N) is 1. The molecule has 82 valence electrons. The van der Waals surface area contributed by atoms with Crippen LogP contribution >= 0.6 is 0 Å². The van der Waals surface area contributed by atoms with Gasteiger partial charge in [0.1, 0.15) is 0 Å². The maximum atomic E-state index is 9.11. The van der Waals surface area contributed by atoms with Crippen LogP contribution in [-0.2, 0) is 0 Å². The average molecular weight is 198 g/mol. The number of aliphatic hydroxyl groups excluding tert-OH is 1. The third-order valence-corrected chi connectivity index (χ3v) is 3.45. The van der Waals surface area contributed by atoms with Gasteiger partial charge in [-0.15, -0.1) is 0 Å². The van der Waals surface area contributed by atoms with Crippen LogP contribution in [0.5, 0.6) is 0 Å². The summed E-state index contributed by atoms with van der Waals surface area (Å²) in [4.78, 5) is 2.53. The first kappa shape index (κ1) is 10.4. The maximum Gasteiger partial charge on any atom is 0.0546 e. The van der Waals surface area contributed by atoms with Crippen LogP contribution in [0, 0.1) is 5.92 Å². The van der Waals surface area contributed by atoms with Gasteiger partial charge in [-0.2, -0.15) is 0 Å². The summed E-state index contributed by atoms with van der Waals surface area (Å²) in [7, 11) is 0. The topological polar surface area (TPSA) is 35.5 Å². The Hall–Kier alpha value is -0.120. The SMILES string of the molecule is OC1CC(CNCCN2CCCC2)C1. The van der Waals surface area contributed by atoms with E-state index < -0.39 is 0 Å². The van der Waals surface area contributed by atoms with Gasteiger partial charge in [0.15, 0.2) is 0 Å². The first-order chi connectivity index (χ1) is 6.84. The van der Waals surface area contributed by atoms with E-state index in [2.05, 4.69) is 10.2 Å². The molecule has 0 spiro atoms. The fraction of sp³-hybridized carbons (Fsp3) is 1.00. The second-order valence-electron chi connectivity index (χ2n) is 4.74. The molecule has 0 aromatic carbocycles. The van der Waals surface area contributed by atoms with E-state index >= 15 is 0 Å². The van der Waals surface area contributed by atoms with Crippen LogP contribution in [0.2, 0.25) is 0 Å².